The van der Waals surface area contributed by atoms with Crippen LogP contribution in [0.15, 0.2) is 119 Å². The zero-order valence-electron chi connectivity index (χ0n) is 35.1. The Morgan fingerprint density at radius 3 is 1.44 bits per heavy atom. The van der Waals surface area contributed by atoms with Crippen LogP contribution in [-0.2, 0) is 22.7 Å². The van der Waals surface area contributed by atoms with Crippen molar-refractivity contribution in [2.75, 3.05) is 45.8 Å². The van der Waals surface area contributed by atoms with E-state index < -0.39 is 46.7 Å². The number of likely N-dealkylation sites (tertiary alicyclic amines) is 2. The molecule has 334 valence electrons. The Kier molecular flexibility index (Phi) is 11.3. The highest BCUT2D eigenvalue weighted by Crippen LogP contribution is 2.49. The number of hydrogen-bond acceptors (Lipinski definition) is 14. The number of pyridine rings is 2. The number of carbonyl (C=O) groups excluding carboxylic acids is 4. The highest BCUT2D eigenvalue weighted by atomic mass is 79.9. The number of urea groups is 2. The summed E-state index contributed by atoms with van der Waals surface area (Å²) in [5, 5.41) is 21.1. The van der Waals surface area contributed by atoms with Gasteiger partial charge in [0.2, 0.25) is 23.7 Å². The van der Waals surface area contributed by atoms with Crippen molar-refractivity contribution in [1.82, 2.24) is 39.7 Å². The summed E-state index contributed by atoms with van der Waals surface area (Å²) < 4.78 is 1.68. The summed E-state index contributed by atoms with van der Waals surface area (Å²) >= 11 is 7.17. The third-order valence-corrected chi connectivity index (χ3v) is 14.3. The molecular formula is C46H40Br2N12O6. The third kappa shape index (κ3) is 7.42. The molecule has 8 heterocycles. The molecule has 6 aromatic rings. The van der Waals surface area contributed by atoms with Gasteiger partial charge in [-0.2, -0.15) is 9.97 Å². The maximum absolute atomic E-state index is 15.5. The lowest BCUT2D eigenvalue weighted by atomic mass is 9.85. The Morgan fingerprint density at radius 2 is 0.985 bits per heavy atom. The fraction of sp³-hybridized carbons (Fsp3) is 0.261. The van der Waals surface area contributed by atoms with Gasteiger partial charge in [0, 0.05) is 85.1 Å². The monoisotopic (exact) mass is 1010 g/mol. The van der Waals surface area contributed by atoms with Crippen LogP contribution in [0.5, 0.6) is 11.8 Å². The Balaban J connectivity index is 1.07. The molecule has 18 nitrogen and oxygen atoms in total. The average Bonchev–Trinajstić information content (AvgIpc) is 3.66. The van der Waals surface area contributed by atoms with E-state index in [2.05, 4.69) is 71.6 Å². The summed E-state index contributed by atoms with van der Waals surface area (Å²) in [6, 6.07) is 22.6. The zero-order valence-corrected chi connectivity index (χ0v) is 38.3. The molecule has 0 unspecified atom stereocenters. The zero-order chi connectivity index (χ0) is 45.7. The predicted octanol–water partition coefficient (Wildman–Crippen LogP) is 6.68. The van der Waals surface area contributed by atoms with Crippen molar-refractivity contribution >= 4 is 79.0 Å². The number of halogens is 2. The molecule has 0 aliphatic carbocycles. The number of aromatic nitrogens is 6. The summed E-state index contributed by atoms with van der Waals surface area (Å²) in [5.41, 5.74) is -0.124. The van der Waals surface area contributed by atoms with Gasteiger partial charge in [-0.1, -0.05) is 36.4 Å². The van der Waals surface area contributed by atoms with Crippen LogP contribution >= 0.6 is 31.9 Å². The van der Waals surface area contributed by atoms with Gasteiger partial charge in [0.15, 0.2) is 0 Å². The second-order valence-electron chi connectivity index (χ2n) is 16.5. The fourth-order valence-electron chi connectivity index (χ4n) is 9.45. The van der Waals surface area contributed by atoms with Crippen molar-refractivity contribution < 1.29 is 29.4 Å². The van der Waals surface area contributed by atoms with Gasteiger partial charge < -0.3 is 10.2 Å². The molecule has 0 radical (unpaired) electrons. The minimum atomic E-state index is -1.53. The van der Waals surface area contributed by atoms with E-state index in [0.29, 0.717) is 44.8 Å². The number of nitrogens with zero attached hydrogens (tertiary/aromatic N) is 12. The van der Waals surface area contributed by atoms with E-state index in [4.69, 9.17) is 0 Å². The molecule has 10 rings (SSSR count). The smallest absolute Gasteiger partial charge is 0.339 e. The van der Waals surface area contributed by atoms with Gasteiger partial charge in [-0.15, -0.1) is 0 Å². The van der Waals surface area contributed by atoms with Gasteiger partial charge in [0.25, 0.3) is 11.8 Å². The molecule has 20 heteroatoms. The molecule has 4 saturated heterocycles. The molecule has 4 aliphatic heterocycles. The fourth-order valence-corrected chi connectivity index (χ4v) is 10.2. The van der Waals surface area contributed by atoms with Crippen LogP contribution < -0.4 is 19.6 Å². The molecule has 66 heavy (non-hydrogen) atoms. The average molecular weight is 1020 g/mol. The Hall–Kier alpha value is -6.74. The molecule has 2 N–H and O–H groups in total. The minimum absolute atomic E-state index is 0.0267. The topological polar surface area (TPSA) is 206 Å². The lowest BCUT2D eigenvalue weighted by Crippen LogP contribution is -2.57. The number of aromatic hydroxyl groups is 2. The van der Waals surface area contributed by atoms with Crippen LogP contribution in [0, 0.1) is 0 Å². The van der Waals surface area contributed by atoms with E-state index in [1.54, 1.807) is 30.6 Å². The van der Waals surface area contributed by atoms with Crippen molar-refractivity contribution in [3.63, 3.8) is 0 Å². The third-order valence-electron chi connectivity index (χ3n) is 12.8. The SMILES string of the molecule is O=C1N(c2ccc(-c3ccccc3)cc2N2C(=O)N(c3nccc(O)n3)C3(CCN(Cc4ncccc4Br)CC3)C2=O)C(=O)C2(CCN(Cc3ncccc3Br)CC2)N1c1nccc(O)n1. The Morgan fingerprint density at radius 1 is 0.515 bits per heavy atom. The molecule has 6 amide bonds. The summed E-state index contributed by atoms with van der Waals surface area (Å²) in [5.74, 6) is -2.37. The molecule has 4 aromatic heterocycles. The van der Waals surface area contributed by atoms with Crippen LogP contribution in [0.2, 0.25) is 0 Å². The lowest BCUT2D eigenvalue weighted by Gasteiger charge is -2.41. The first-order valence-corrected chi connectivity index (χ1v) is 22.8. The number of anilines is 4. The van der Waals surface area contributed by atoms with E-state index in [1.165, 1.54) is 34.3 Å². The van der Waals surface area contributed by atoms with Crippen LogP contribution in [-0.4, -0.2) is 111 Å². The largest absolute Gasteiger partial charge is 0.493 e. The number of benzene rings is 2. The second-order valence-corrected chi connectivity index (χ2v) is 18.2. The first-order valence-electron chi connectivity index (χ1n) is 21.2. The van der Waals surface area contributed by atoms with E-state index in [0.717, 1.165) is 35.7 Å². The second kappa shape index (κ2) is 17.2. The summed E-state index contributed by atoms with van der Waals surface area (Å²) in [7, 11) is 0. The number of amides is 6. The molecule has 0 saturated carbocycles. The first-order chi connectivity index (χ1) is 32.0. The number of rotatable bonds is 9. The van der Waals surface area contributed by atoms with Gasteiger partial charge in [0.1, 0.15) is 11.1 Å². The maximum atomic E-state index is 15.5. The van der Waals surface area contributed by atoms with Crippen LogP contribution in [0.25, 0.3) is 11.1 Å². The van der Waals surface area contributed by atoms with Gasteiger partial charge in [-0.05, 0) is 105 Å². The van der Waals surface area contributed by atoms with E-state index in [9.17, 15) is 10.2 Å². The van der Waals surface area contributed by atoms with Gasteiger partial charge >= 0.3 is 12.1 Å². The molecule has 4 fully saturated rings. The van der Waals surface area contributed by atoms with Crippen LogP contribution in [0.1, 0.15) is 37.1 Å². The molecule has 0 bridgehead atoms. The molecule has 2 spiro atoms. The standard InChI is InChI=1S/C46H40Br2N12O6/c47-31-8-4-18-49-33(31)27-55-22-14-45(15-23-55)39(63)57(43(65)59(45)41-51-20-12-37(61)53-41)35-11-10-30(29-6-2-1-3-7-29)26-36(35)58-40(64)46(60(44(58)66)42-52-21-13-38(62)54-42)16-24-56(25-17-46)28-34-32(48)9-5-19-50-34/h1-13,18-21,26H,14-17,22-25,27-28H2,(H,51,53,61)(H,52,54,62). The lowest BCUT2D eigenvalue weighted by molar-refractivity contribution is -0.124. The molecule has 2 aromatic carbocycles. The molecule has 0 atom stereocenters. The maximum Gasteiger partial charge on any atom is 0.339 e. The van der Waals surface area contributed by atoms with Gasteiger partial charge in [0.05, 0.1) is 22.8 Å². The van der Waals surface area contributed by atoms with Gasteiger partial charge in [-0.25, -0.2) is 39.2 Å². The number of carbonyl (C=O) groups is 4. The van der Waals surface area contributed by atoms with E-state index in [1.807, 2.05) is 54.6 Å². The summed E-state index contributed by atoms with van der Waals surface area (Å²) in [4.78, 5) is 96.4. The van der Waals surface area contributed by atoms with Gasteiger partial charge in [-0.3, -0.25) is 29.4 Å². The Bertz CT molecular complexity index is 2900. The molecular weight excluding hydrogens is 976 g/mol. The van der Waals surface area contributed by atoms with Crippen LogP contribution in [0.4, 0.5) is 32.9 Å². The van der Waals surface area contributed by atoms with E-state index in [-0.39, 0.29) is 49.0 Å². The Labute approximate surface area is 394 Å². The van der Waals surface area contributed by atoms with Crippen molar-refractivity contribution in [3.8, 4) is 22.9 Å². The summed E-state index contributed by atoms with van der Waals surface area (Å²) in [6.45, 7) is 2.47. The quantitative estimate of drug-likeness (QED) is 0.145. The number of imide groups is 2. The summed E-state index contributed by atoms with van der Waals surface area (Å²) in [6.07, 6.45) is 6.67. The highest BCUT2D eigenvalue weighted by Gasteiger charge is 2.63. The van der Waals surface area contributed by atoms with Crippen LogP contribution in [0.3, 0.4) is 0 Å². The van der Waals surface area contributed by atoms with Crippen molar-refractivity contribution in [1.29, 1.82) is 0 Å². The first kappa shape index (κ1) is 43.2. The van der Waals surface area contributed by atoms with Crippen molar-refractivity contribution in [2.24, 2.45) is 0 Å². The normalized spacial score (nSPS) is 18.6. The highest BCUT2D eigenvalue weighted by molar-refractivity contribution is 9.10. The predicted molar refractivity (Wildman–Crippen MR) is 248 cm³/mol. The van der Waals surface area contributed by atoms with Crippen molar-refractivity contribution in [3.05, 3.63) is 130 Å². The van der Waals surface area contributed by atoms with E-state index >= 15 is 19.2 Å². The number of hydrogen-bond donors (Lipinski definition) is 2. The number of piperidine rings is 2. The minimum Gasteiger partial charge on any atom is -0.493 e. The molecule has 4 aliphatic rings. The van der Waals surface area contributed by atoms with Crippen molar-refractivity contribution in [2.45, 2.75) is 49.9 Å².